The first-order valence-electron chi connectivity index (χ1n) is 5.14. The van der Waals surface area contributed by atoms with E-state index in [1.807, 2.05) is 7.05 Å². The monoisotopic (exact) mass is 254 g/mol. The van der Waals surface area contributed by atoms with Crippen molar-refractivity contribution in [2.45, 2.75) is 13.1 Å². The Bertz CT molecular complexity index is 512. The molecule has 0 aliphatic carbocycles. The minimum atomic E-state index is -0.401. The molecule has 0 aliphatic rings. The fraction of sp³-hybridized carbons (Fsp3) is 0.273. The zero-order valence-corrected chi connectivity index (χ0v) is 10.1. The second-order valence-electron chi connectivity index (χ2n) is 3.69. The third kappa shape index (κ3) is 3.25. The Balaban J connectivity index is 1.87. The van der Waals surface area contributed by atoms with Gasteiger partial charge in [-0.05, 0) is 17.7 Å². The van der Waals surface area contributed by atoms with Gasteiger partial charge in [-0.1, -0.05) is 17.7 Å². The van der Waals surface area contributed by atoms with Crippen molar-refractivity contribution >= 4 is 11.6 Å². The molecule has 0 bridgehead atoms. The Labute approximate surface area is 103 Å². The molecule has 90 valence electrons. The van der Waals surface area contributed by atoms with E-state index in [-0.39, 0.29) is 5.02 Å². The summed E-state index contributed by atoms with van der Waals surface area (Å²) in [6.07, 6.45) is 1.64. The van der Waals surface area contributed by atoms with Crippen LogP contribution in [0, 0.1) is 5.82 Å². The van der Waals surface area contributed by atoms with Gasteiger partial charge in [-0.25, -0.2) is 9.37 Å². The van der Waals surface area contributed by atoms with Crippen LogP contribution in [-0.2, 0) is 20.1 Å². The third-order valence-electron chi connectivity index (χ3n) is 2.24. The quantitative estimate of drug-likeness (QED) is 0.906. The molecule has 1 aromatic carbocycles. The van der Waals surface area contributed by atoms with Crippen LogP contribution in [0.15, 0.2) is 24.5 Å². The van der Waals surface area contributed by atoms with Crippen LogP contribution in [-0.4, -0.2) is 14.8 Å². The van der Waals surface area contributed by atoms with Crippen LogP contribution in [0.3, 0.4) is 0 Å². The lowest BCUT2D eigenvalue weighted by Gasteiger charge is -2.03. The second kappa shape index (κ2) is 5.25. The van der Waals surface area contributed by atoms with Gasteiger partial charge in [-0.3, -0.25) is 4.68 Å². The minimum Gasteiger partial charge on any atom is -0.306 e. The van der Waals surface area contributed by atoms with Crippen LogP contribution in [0.1, 0.15) is 11.4 Å². The predicted octanol–water partition coefficient (Wildman–Crippen LogP) is 1.90. The highest BCUT2D eigenvalue weighted by molar-refractivity contribution is 6.30. The Kier molecular flexibility index (Phi) is 3.71. The van der Waals surface area contributed by atoms with Crippen molar-refractivity contribution in [2.75, 3.05) is 0 Å². The summed E-state index contributed by atoms with van der Waals surface area (Å²) in [5.74, 6) is 0.322. The van der Waals surface area contributed by atoms with Gasteiger partial charge >= 0.3 is 0 Å². The van der Waals surface area contributed by atoms with Gasteiger partial charge in [0.2, 0.25) is 0 Å². The smallest absolute Gasteiger partial charge is 0.164 e. The summed E-state index contributed by atoms with van der Waals surface area (Å²) in [6, 6.07) is 4.66. The highest BCUT2D eigenvalue weighted by atomic mass is 35.5. The molecule has 0 fully saturated rings. The molecule has 0 spiro atoms. The van der Waals surface area contributed by atoms with Crippen LogP contribution >= 0.6 is 11.6 Å². The topological polar surface area (TPSA) is 42.7 Å². The highest BCUT2D eigenvalue weighted by Crippen LogP contribution is 2.15. The second-order valence-corrected chi connectivity index (χ2v) is 4.09. The van der Waals surface area contributed by atoms with Crippen molar-refractivity contribution < 1.29 is 4.39 Å². The van der Waals surface area contributed by atoms with Crippen LogP contribution in [0.4, 0.5) is 4.39 Å². The summed E-state index contributed by atoms with van der Waals surface area (Å²) >= 11 is 5.68. The summed E-state index contributed by atoms with van der Waals surface area (Å²) < 4.78 is 14.6. The molecule has 1 heterocycles. The lowest BCUT2D eigenvalue weighted by molar-refractivity contribution is 0.623. The average Bonchev–Trinajstić information content (AvgIpc) is 2.70. The standard InChI is InChI=1S/C11H12ClFN4/c1-17-7-15-11(16-17)6-14-5-8-2-3-10(13)9(12)4-8/h2-4,7,14H,5-6H2,1H3. The number of rotatable bonds is 4. The fourth-order valence-corrected chi connectivity index (χ4v) is 1.64. The molecule has 1 aromatic heterocycles. The molecule has 17 heavy (non-hydrogen) atoms. The maximum Gasteiger partial charge on any atom is 0.164 e. The SMILES string of the molecule is Cn1cnc(CNCc2ccc(F)c(Cl)c2)n1. The Morgan fingerprint density at radius 3 is 2.88 bits per heavy atom. The maximum absolute atomic E-state index is 12.9. The summed E-state index contributed by atoms with van der Waals surface area (Å²) in [5, 5.41) is 7.43. The average molecular weight is 255 g/mol. The molecular weight excluding hydrogens is 243 g/mol. The first-order valence-corrected chi connectivity index (χ1v) is 5.52. The lowest BCUT2D eigenvalue weighted by atomic mass is 10.2. The van der Waals surface area contributed by atoms with E-state index in [4.69, 9.17) is 11.6 Å². The molecule has 0 radical (unpaired) electrons. The molecule has 0 saturated heterocycles. The summed E-state index contributed by atoms with van der Waals surface area (Å²) in [7, 11) is 1.82. The van der Waals surface area contributed by atoms with Gasteiger partial charge in [0.25, 0.3) is 0 Å². The van der Waals surface area contributed by atoms with Gasteiger partial charge in [-0.15, -0.1) is 0 Å². The first-order chi connectivity index (χ1) is 8.15. The molecule has 4 nitrogen and oxygen atoms in total. The number of hydrogen-bond acceptors (Lipinski definition) is 3. The van der Waals surface area contributed by atoms with Gasteiger partial charge in [0.1, 0.15) is 12.1 Å². The molecule has 2 rings (SSSR count). The van der Waals surface area contributed by atoms with Crippen LogP contribution in [0.2, 0.25) is 5.02 Å². The Hall–Kier alpha value is -1.46. The zero-order chi connectivity index (χ0) is 12.3. The molecule has 0 saturated carbocycles. The maximum atomic E-state index is 12.9. The van der Waals surface area contributed by atoms with Gasteiger partial charge in [0.15, 0.2) is 5.82 Å². The highest BCUT2D eigenvalue weighted by Gasteiger charge is 2.02. The fourth-order valence-electron chi connectivity index (χ4n) is 1.43. The number of hydrogen-bond donors (Lipinski definition) is 1. The van der Waals surface area contributed by atoms with Crippen molar-refractivity contribution in [3.63, 3.8) is 0 Å². The lowest BCUT2D eigenvalue weighted by Crippen LogP contribution is -2.14. The molecule has 0 amide bonds. The van der Waals surface area contributed by atoms with Crippen LogP contribution < -0.4 is 5.32 Å². The number of nitrogens with zero attached hydrogens (tertiary/aromatic N) is 3. The summed E-state index contributed by atoms with van der Waals surface area (Å²) in [6.45, 7) is 1.16. The normalized spacial score (nSPS) is 10.8. The third-order valence-corrected chi connectivity index (χ3v) is 2.53. The van der Waals surface area contributed by atoms with Crippen molar-refractivity contribution in [3.8, 4) is 0 Å². The minimum absolute atomic E-state index is 0.139. The van der Waals surface area contributed by atoms with Gasteiger partial charge in [-0.2, -0.15) is 5.10 Å². The molecule has 1 N–H and O–H groups in total. The van der Waals surface area contributed by atoms with E-state index in [9.17, 15) is 4.39 Å². The van der Waals surface area contributed by atoms with Crippen molar-refractivity contribution in [1.29, 1.82) is 0 Å². The number of aryl methyl sites for hydroxylation is 1. The van der Waals surface area contributed by atoms with Gasteiger partial charge < -0.3 is 5.32 Å². The molecule has 6 heteroatoms. The Morgan fingerprint density at radius 1 is 1.41 bits per heavy atom. The van der Waals surface area contributed by atoms with Crippen LogP contribution in [0.25, 0.3) is 0 Å². The molecular formula is C11H12ClFN4. The Morgan fingerprint density at radius 2 is 2.24 bits per heavy atom. The summed E-state index contributed by atoms with van der Waals surface area (Å²) in [4.78, 5) is 4.08. The van der Waals surface area contributed by atoms with Crippen molar-refractivity contribution in [1.82, 2.24) is 20.1 Å². The van der Waals surface area contributed by atoms with E-state index in [1.165, 1.54) is 6.07 Å². The van der Waals surface area contributed by atoms with Gasteiger partial charge in [0.05, 0.1) is 11.6 Å². The number of halogens is 2. The molecule has 2 aromatic rings. The number of benzene rings is 1. The number of aromatic nitrogens is 3. The van der Waals surface area contributed by atoms with E-state index < -0.39 is 5.82 Å². The van der Waals surface area contributed by atoms with E-state index >= 15 is 0 Å². The largest absolute Gasteiger partial charge is 0.306 e. The van der Waals surface area contributed by atoms with E-state index in [0.717, 1.165) is 11.4 Å². The van der Waals surface area contributed by atoms with Crippen molar-refractivity contribution in [2.24, 2.45) is 7.05 Å². The first kappa shape index (κ1) is 12.0. The van der Waals surface area contributed by atoms with E-state index in [1.54, 1.807) is 23.1 Å². The van der Waals surface area contributed by atoms with E-state index in [2.05, 4.69) is 15.4 Å². The van der Waals surface area contributed by atoms with Gasteiger partial charge in [0, 0.05) is 13.6 Å². The summed E-state index contributed by atoms with van der Waals surface area (Å²) in [5.41, 5.74) is 0.923. The molecule has 0 atom stereocenters. The number of nitrogens with one attached hydrogen (secondary N) is 1. The van der Waals surface area contributed by atoms with Crippen LogP contribution in [0.5, 0.6) is 0 Å². The predicted molar refractivity (Wildman–Crippen MR) is 63.0 cm³/mol. The van der Waals surface area contributed by atoms with Crippen molar-refractivity contribution in [3.05, 3.63) is 46.8 Å². The molecule has 0 aliphatic heterocycles. The zero-order valence-electron chi connectivity index (χ0n) is 9.32. The molecule has 0 unspecified atom stereocenters. The van der Waals surface area contributed by atoms with E-state index in [0.29, 0.717) is 13.1 Å².